The van der Waals surface area contributed by atoms with E-state index >= 15 is 0 Å². The van der Waals surface area contributed by atoms with E-state index in [1.807, 2.05) is 0 Å². The highest BCUT2D eigenvalue weighted by Gasteiger charge is 2.20. The van der Waals surface area contributed by atoms with Crippen LogP contribution in [-0.4, -0.2) is 47.4 Å². The Kier molecular flexibility index (Phi) is 64.9. The van der Waals surface area contributed by atoms with Gasteiger partial charge in [0.2, 0.25) is 5.91 Å². The van der Waals surface area contributed by atoms with E-state index in [1.54, 1.807) is 0 Å². The van der Waals surface area contributed by atoms with Crippen LogP contribution in [-0.2, 0) is 14.3 Å². The number of esters is 1. The van der Waals surface area contributed by atoms with E-state index < -0.39 is 12.1 Å². The summed E-state index contributed by atoms with van der Waals surface area (Å²) in [7, 11) is 0. The molecule has 1 amide bonds. The third-order valence-corrected chi connectivity index (χ3v) is 16.6. The van der Waals surface area contributed by atoms with Gasteiger partial charge in [-0.1, -0.05) is 347 Å². The Hall–Kier alpha value is -1.40. The van der Waals surface area contributed by atoms with Crippen molar-refractivity contribution in [3.63, 3.8) is 0 Å². The van der Waals surface area contributed by atoms with Gasteiger partial charge in [0.05, 0.1) is 25.4 Å². The van der Waals surface area contributed by atoms with Gasteiger partial charge in [0.1, 0.15) is 0 Å². The second-order valence-electron chi connectivity index (χ2n) is 24.2. The van der Waals surface area contributed by atoms with Crippen molar-refractivity contribution in [1.82, 2.24) is 5.32 Å². The van der Waals surface area contributed by atoms with Crippen LogP contribution in [0.15, 0.2) is 12.2 Å². The van der Waals surface area contributed by atoms with E-state index in [9.17, 15) is 19.8 Å². The van der Waals surface area contributed by atoms with Gasteiger partial charge in [0.25, 0.3) is 0 Å². The first-order valence-electron chi connectivity index (χ1n) is 34.9. The van der Waals surface area contributed by atoms with Gasteiger partial charge < -0.3 is 20.3 Å². The van der Waals surface area contributed by atoms with E-state index in [0.29, 0.717) is 25.9 Å². The molecular weight excluding hydrogens is 935 g/mol. The van der Waals surface area contributed by atoms with Crippen molar-refractivity contribution in [3.05, 3.63) is 12.2 Å². The lowest BCUT2D eigenvalue weighted by atomic mass is 10.0. The van der Waals surface area contributed by atoms with Gasteiger partial charge in [-0.2, -0.15) is 0 Å². The van der Waals surface area contributed by atoms with Crippen molar-refractivity contribution in [2.75, 3.05) is 13.2 Å². The minimum absolute atomic E-state index is 0.00201. The van der Waals surface area contributed by atoms with Gasteiger partial charge in [-0.3, -0.25) is 9.59 Å². The Morgan fingerprint density at radius 2 is 0.618 bits per heavy atom. The fourth-order valence-electron chi connectivity index (χ4n) is 11.2. The van der Waals surface area contributed by atoms with Crippen LogP contribution in [0.1, 0.15) is 399 Å². The van der Waals surface area contributed by atoms with Gasteiger partial charge in [-0.25, -0.2) is 0 Å². The molecule has 0 aliphatic rings. The lowest BCUT2D eigenvalue weighted by molar-refractivity contribution is -0.143. The summed E-state index contributed by atoms with van der Waals surface area (Å²) >= 11 is 0. The predicted molar refractivity (Wildman–Crippen MR) is 333 cm³/mol. The number of carbonyl (C=O) groups excluding carboxylic acids is 2. The highest BCUT2D eigenvalue weighted by Crippen LogP contribution is 2.19. The molecule has 0 bridgehead atoms. The molecule has 0 radical (unpaired) electrons. The zero-order chi connectivity index (χ0) is 55.0. The number of nitrogens with one attached hydrogen (secondary N) is 1. The third-order valence-electron chi connectivity index (χ3n) is 16.6. The van der Waals surface area contributed by atoms with Gasteiger partial charge in [-0.15, -0.1) is 0 Å². The molecule has 0 saturated heterocycles. The zero-order valence-corrected chi connectivity index (χ0v) is 51.8. The SMILES string of the molecule is CCCCCCCC/C=C\CCCCCCCCCCCC(=O)OCCCCCCCCCCCCCCCCCC(=O)NC(CO)C(O)CCCCCCCCCCCCCCCCCCCCCCCCCCC. The third kappa shape index (κ3) is 61.8. The Morgan fingerprint density at radius 1 is 0.355 bits per heavy atom. The molecule has 6 heteroatoms. The van der Waals surface area contributed by atoms with E-state index in [1.165, 1.54) is 321 Å². The van der Waals surface area contributed by atoms with Gasteiger partial charge in [0.15, 0.2) is 0 Å². The van der Waals surface area contributed by atoms with Crippen molar-refractivity contribution in [2.24, 2.45) is 0 Å². The van der Waals surface area contributed by atoms with E-state index in [0.717, 1.165) is 44.9 Å². The molecule has 0 aromatic carbocycles. The highest BCUT2D eigenvalue weighted by atomic mass is 16.5. The van der Waals surface area contributed by atoms with Gasteiger partial charge in [0, 0.05) is 12.8 Å². The first kappa shape index (κ1) is 74.6. The zero-order valence-electron chi connectivity index (χ0n) is 51.8. The van der Waals surface area contributed by atoms with Crippen LogP contribution in [0.3, 0.4) is 0 Å². The summed E-state index contributed by atoms with van der Waals surface area (Å²) in [5.41, 5.74) is 0. The second kappa shape index (κ2) is 66.1. The summed E-state index contributed by atoms with van der Waals surface area (Å²) in [6.45, 7) is 4.97. The summed E-state index contributed by atoms with van der Waals surface area (Å²) in [4.78, 5) is 24.7. The lowest BCUT2D eigenvalue weighted by Gasteiger charge is -2.22. The van der Waals surface area contributed by atoms with Crippen LogP contribution in [0.25, 0.3) is 0 Å². The lowest BCUT2D eigenvalue weighted by Crippen LogP contribution is -2.45. The average Bonchev–Trinajstić information content (AvgIpc) is 3.42. The maximum atomic E-state index is 12.6. The standard InChI is InChI=1S/C70H137NO5/c1-3-5-7-9-11-13-15-17-19-21-23-24-25-26-27-28-30-31-34-38-42-46-50-54-58-62-68(73)67(66-72)71-69(74)63-59-55-51-47-43-39-35-33-37-41-45-49-53-57-61-65-76-70(75)64-60-56-52-48-44-40-36-32-29-22-20-18-16-14-12-10-8-6-4-2/h18,20,67-68,72-73H,3-17,19,21-66H2,1-2H3,(H,71,74)/b20-18-. The summed E-state index contributed by atoms with van der Waals surface area (Å²) in [5, 5.41) is 23.4. The number of allylic oxidation sites excluding steroid dienone is 2. The normalized spacial score (nSPS) is 12.5. The molecule has 3 N–H and O–H groups in total. The molecule has 0 saturated carbocycles. The van der Waals surface area contributed by atoms with E-state index in [4.69, 9.17) is 4.74 Å². The smallest absolute Gasteiger partial charge is 0.305 e. The van der Waals surface area contributed by atoms with Crippen LogP contribution in [0.5, 0.6) is 0 Å². The molecule has 0 aromatic heterocycles. The van der Waals surface area contributed by atoms with Crippen molar-refractivity contribution < 1.29 is 24.5 Å². The van der Waals surface area contributed by atoms with Crippen molar-refractivity contribution in [1.29, 1.82) is 0 Å². The Morgan fingerprint density at radius 3 is 0.934 bits per heavy atom. The summed E-state index contributed by atoms with van der Waals surface area (Å²) in [6, 6.07) is -0.549. The number of hydrogen-bond donors (Lipinski definition) is 3. The number of unbranched alkanes of at least 4 members (excludes halogenated alkanes) is 53. The number of ether oxygens (including phenoxy) is 1. The summed E-state index contributed by atoms with van der Waals surface area (Å²) in [5.74, 6) is -0.0361. The first-order valence-corrected chi connectivity index (χ1v) is 34.9. The molecule has 0 aliphatic heterocycles. The number of amides is 1. The molecule has 452 valence electrons. The quantitative estimate of drug-likeness (QED) is 0.0320. The number of hydrogen-bond acceptors (Lipinski definition) is 5. The van der Waals surface area contributed by atoms with Gasteiger partial charge in [-0.05, 0) is 51.4 Å². The molecule has 6 nitrogen and oxygen atoms in total. The number of aliphatic hydroxyl groups excluding tert-OH is 2. The summed E-state index contributed by atoms with van der Waals surface area (Å²) < 4.78 is 5.50. The molecular formula is C70H137NO5. The van der Waals surface area contributed by atoms with Gasteiger partial charge >= 0.3 is 5.97 Å². The minimum Gasteiger partial charge on any atom is -0.466 e. The molecule has 2 unspecified atom stereocenters. The molecule has 0 aliphatic carbocycles. The molecule has 2 atom stereocenters. The maximum absolute atomic E-state index is 12.6. The van der Waals surface area contributed by atoms with Crippen LogP contribution in [0.4, 0.5) is 0 Å². The molecule has 76 heavy (non-hydrogen) atoms. The fourth-order valence-corrected chi connectivity index (χ4v) is 11.2. The van der Waals surface area contributed by atoms with Crippen LogP contribution < -0.4 is 5.32 Å². The number of carbonyl (C=O) groups is 2. The highest BCUT2D eigenvalue weighted by molar-refractivity contribution is 5.76. The Bertz CT molecular complexity index is 1140. The monoisotopic (exact) mass is 1070 g/mol. The first-order chi connectivity index (χ1) is 37.5. The molecule has 0 fully saturated rings. The predicted octanol–water partition coefficient (Wildman–Crippen LogP) is 22.4. The van der Waals surface area contributed by atoms with Crippen molar-refractivity contribution in [2.45, 2.75) is 411 Å². The molecule has 0 aromatic rings. The Labute approximate surface area is 476 Å². The molecule has 0 heterocycles. The fraction of sp³-hybridized carbons (Fsp3) is 0.943. The second-order valence-corrected chi connectivity index (χ2v) is 24.2. The molecule has 0 spiro atoms. The van der Waals surface area contributed by atoms with Crippen molar-refractivity contribution >= 4 is 11.9 Å². The van der Waals surface area contributed by atoms with Crippen molar-refractivity contribution in [3.8, 4) is 0 Å². The topological polar surface area (TPSA) is 95.9 Å². The Balaban J connectivity index is 3.40. The summed E-state index contributed by atoms with van der Waals surface area (Å²) in [6.07, 6.45) is 81.0. The van der Waals surface area contributed by atoms with E-state index in [2.05, 4.69) is 31.3 Å². The number of aliphatic hydroxyl groups is 2. The average molecular weight is 1070 g/mol. The van der Waals surface area contributed by atoms with Crippen LogP contribution >= 0.6 is 0 Å². The van der Waals surface area contributed by atoms with Crippen LogP contribution in [0, 0.1) is 0 Å². The largest absolute Gasteiger partial charge is 0.466 e. The molecule has 0 rings (SSSR count). The number of rotatable bonds is 66. The minimum atomic E-state index is -0.671. The van der Waals surface area contributed by atoms with E-state index in [-0.39, 0.29) is 18.5 Å². The van der Waals surface area contributed by atoms with Crippen LogP contribution in [0.2, 0.25) is 0 Å². The maximum Gasteiger partial charge on any atom is 0.305 e.